The van der Waals surface area contributed by atoms with Crippen LogP contribution in [0.15, 0.2) is 18.2 Å². The third-order valence-corrected chi connectivity index (χ3v) is 1.52. The maximum Gasteiger partial charge on any atom is 0.272 e. The van der Waals surface area contributed by atoms with E-state index in [1.807, 2.05) is 5.48 Å². The molecule has 0 fully saturated rings. The van der Waals surface area contributed by atoms with Gasteiger partial charge in [0.1, 0.15) is 0 Å². The van der Waals surface area contributed by atoms with Gasteiger partial charge in [-0.25, -0.2) is 0 Å². The van der Waals surface area contributed by atoms with Crippen molar-refractivity contribution >= 4 is 11.4 Å². The van der Waals surface area contributed by atoms with Gasteiger partial charge in [-0.1, -0.05) is 0 Å². The molecular weight excluding hydrogens is 160 g/mol. The number of rotatable bonds is 2. The quantitative estimate of drug-likeness (QED) is 0.520. The van der Waals surface area contributed by atoms with Crippen LogP contribution >= 0.6 is 0 Å². The van der Waals surface area contributed by atoms with E-state index in [-0.39, 0.29) is 5.69 Å². The second-order valence-corrected chi connectivity index (χ2v) is 2.37. The zero-order chi connectivity index (χ0) is 9.14. The monoisotopic (exact) mass is 168 g/mol. The Morgan fingerprint density at radius 2 is 2.25 bits per heavy atom. The van der Waals surface area contributed by atoms with Crippen molar-refractivity contribution in [3.05, 3.63) is 33.9 Å². The number of benzene rings is 1. The second-order valence-electron chi connectivity index (χ2n) is 2.37. The van der Waals surface area contributed by atoms with E-state index in [1.165, 1.54) is 18.2 Å². The Hall–Kier alpha value is -1.62. The molecule has 5 heteroatoms. The summed E-state index contributed by atoms with van der Waals surface area (Å²) >= 11 is 0. The molecule has 64 valence electrons. The molecule has 2 N–H and O–H groups in total. The molecule has 0 bridgehead atoms. The molecule has 12 heavy (non-hydrogen) atoms. The van der Waals surface area contributed by atoms with Crippen LogP contribution < -0.4 is 5.48 Å². The number of aryl methyl sites for hydroxylation is 1. The number of anilines is 1. The molecule has 1 rings (SSSR count). The van der Waals surface area contributed by atoms with Crippen LogP contribution in [0.4, 0.5) is 11.4 Å². The number of hydrogen-bond donors (Lipinski definition) is 2. The third-order valence-electron chi connectivity index (χ3n) is 1.52. The Kier molecular flexibility index (Phi) is 2.25. The molecule has 0 aromatic heterocycles. The standard InChI is InChI=1S/C7H8N2O3/c1-5-4-6(8-10)2-3-7(5)9(11)12/h2-4,8,10H,1H3. The van der Waals surface area contributed by atoms with Crippen molar-refractivity contribution in [1.29, 1.82) is 0 Å². The number of nitro benzene ring substituents is 1. The van der Waals surface area contributed by atoms with Gasteiger partial charge in [0.25, 0.3) is 5.69 Å². The summed E-state index contributed by atoms with van der Waals surface area (Å²) in [7, 11) is 0. The Morgan fingerprint density at radius 3 is 2.67 bits per heavy atom. The van der Waals surface area contributed by atoms with Crippen molar-refractivity contribution in [1.82, 2.24) is 0 Å². The van der Waals surface area contributed by atoms with Crippen molar-refractivity contribution in [3.8, 4) is 0 Å². The van der Waals surface area contributed by atoms with E-state index in [4.69, 9.17) is 5.21 Å². The first-order chi connectivity index (χ1) is 5.65. The summed E-state index contributed by atoms with van der Waals surface area (Å²) in [5, 5.41) is 18.8. The van der Waals surface area contributed by atoms with Crippen LogP contribution in [0.5, 0.6) is 0 Å². The van der Waals surface area contributed by atoms with Crippen LogP contribution in [0, 0.1) is 17.0 Å². The summed E-state index contributed by atoms with van der Waals surface area (Å²) < 4.78 is 0. The number of nitro groups is 1. The Labute approximate surface area is 68.7 Å². The molecule has 0 heterocycles. The van der Waals surface area contributed by atoms with Crippen molar-refractivity contribution in [3.63, 3.8) is 0 Å². The lowest BCUT2D eigenvalue weighted by Crippen LogP contribution is -1.94. The summed E-state index contributed by atoms with van der Waals surface area (Å²) in [6.07, 6.45) is 0. The molecular formula is C7H8N2O3. The Bertz CT molecular complexity index is 312. The van der Waals surface area contributed by atoms with Gasteiger partial charge in [-0.05, 0) is 19.1 Å². The number of nitrogens with one attached hydrogen (secondary N) is 1. The average molecular weight is 168 g/mol. The molecule has 5 nitrogen and oxygen atoms in total. The normalized spacial score (nSPS) is 9.50. The van der Waals surface area contributed by atoms with Crippen LogP contribution in [0.1, 0.15) is 5.56 Å². The van der Waals surface area contributed by atoms with Crippen molar-refractivity contribution < 1.29 is 10.1 Å². The van der Waals surface area contributed by atoms with Crippen LogP contribution in [0.2, 0.25) is 0 Å². The minimum atomic E-state index is -0.462. The molecule has 0 unspecified atom stereocenters. The van der Waals surface area contributed by atoms with E-state index < -0.39 is 4.92 Å². The van der Waals surface area contributed by atoms with Gasteiger partial charge in [0.2, 0.25) is 0 Å². The number of nitrogens with zero attached hydrogens (tertiary/aromatic N) is 1. The van der Waals surface area contributed by atoms with Gasteiger partial charge in [0.05, 0.1) is 10.6 Å². The molecule has 0 aliphatic carbocycles. The molecule has 0 radical (unpaired) electrons. The summed E-state index contributed by atoms with van der Waals surface area (Å²) in [6, 6.07) is 4.27. The fourth-order valence-corrected chi connectivity index (χ4v) is 0.930. The van der Waals surface area contributed by atoms with Crippen LogP contribution in [0.3, 0.4) is 0 Å². The molecule has 0 spiro atoms. The molecule has 0 aliphatic heterocycles. The van der Waals surface area contributed by atoms with Crippen molar-refractivity contribution in [2.45, 2.75) is 6.92 Å². The zero-order valence-electron chi connectivity index (χ0n) is 6.44. The summed E-state index contributed by atoms with van der Waals surface area (Å²) in [6.45, 7) is 1.61. The first kappa shape index (κ1) is 8.48. The highest BCUT2D eigenvalue weighted by Crippen LogP contribution is 2.20. The topological polar surface area (TPSA) is 75.4 Å². The summed E-state index contributed by atoms with van der Waals surface area (Å²) in [5.74, 6) is 0. The lowest BCUT2D eigenvalue weighted by Gasteiger charge is -2.00. The molecule has 0 saturated carbocycles. The highest BCUT2D eigenvalue weighted by Gasteiger charge is 2.09. The smallest absolute Gasteiger partial charge is 0.272 e. The van der Waals surface area contributed by atoms with Crippen molar-refractivity contribution in [2.75, 3.05) is 5.48 Å². The number of hydrogen-bond acceptors (Lipinski definition) is 4. The van der Waals surface area contributed by atoms with Crippen LogP contribution in [-0.2, 0) is 0 Å². The van der Waals surface area contributed by atoms with Gasteiger partial charge in [-0.15, -0.1) is 0 Å². The first-order valence-electron chi connectivity index (χ1n) is 3.30. The third kappa shape index (κ3) is 1.51. The Balaban J connectivity index is 3.12. The predicted molar refractivity (Wildman–Crippen MR) is 43.2 cm³/mol. The van der Waals surface area contributed by atoms with Gasteiger partial charge in [-0.2, -0.15) is 0 Å². The maximum atomic E-state index is 10.3. The summed E-state index contributed by atoms with van der Waals surface area (Å²) in [5.41, 5.74) is 2.92. The molecule has 1 aromatic carbocycles. The van der Waals surface area contributed by atoms with E-state index in [1.54, 1.807) is 6.92 Å². The van der Waals surface area contributed by atoms with E-state index in [9.17, 15) is 10.1 Å². The summed E-state index contributed by atoms with van der Waals surface area (Å²) in [4.78, 5) is 9.88. The molecule has 0 saturated heterocycles. The second kappa shape index (κ2) is 3.19. The molecule has 0 aliphatic rings. The van der Waals surface area contributed by atoms with Crippen molar-refractivity contribution in [2.24, 2.45) is 0 Å². The lowest BCUT2D eigenvalue weighted by molar-refractivity contribution is -0.385. The van der Waals surface area contributed by atoms with Crippen LogP contribution in [-0.4, -0.2) is 10.1 Å². The van der Waals surface area contributed by atoms with E-state index >= 15 is 0 Å². The van der Waals surface area contributed by atoms with Gasteiger partial charge in [-0.3, -0.25) is 20.8 Å². The molecule has 1 aromatic rings. The average Bonchev–Trinajstić information content (AvgIpc) is 2.03. The lowest BCUT2D eigenvalue weighted by atomic mass is 10.2. The predicted octanol–water partition coefficient (Wildman–Crippen LogP) is 1.70. The zero-order valence-corrected chi connectivity index (χ0v) is 6.44. The fraction of sp³-hybridized carbons (Fsp3) is 0.143. The minimum Gasteiger partial charge on any atom is -0.291 e. The van der Waals surface area contributed by atoms with Gasteiger partial charge in [0.15, 0.2) is 0 Å². The SMILES string of the molecule is Cc1cc(NO)ccc1[N+](=O)[O-]. The minimum absolute atomic E-state index is 0.0500. The highest BCUT2D eigenvalue weighted by molar-refractivity contribution is 5.52. The Morgan fingerprint density at radius 1 is 1.58 bits per heavy atom. The molecule has 0 atom stereocenters. The van der Waals surface area contributed by atoms with Crippen LogP contribution in [0.25, 0.3) is 0 Å². The first-order valence-corrected chi connectivity index (χ1v) is 3.30. The van der Waals surface area contributed by atoms with E-state index in [0.717, 1.165) is 0 Å². The van der Waals surface area contributed by atoms with Gasteiger partial charge >= 0.3 is 0 Å². The highest BCUT2D eigenvalue weighted by atomic mass is 16.6. The molecule has 0 amide bonds. The largest absolute Gasteiger partial charge is 0.291 e. The van der Waals surface area contributed by atoms with Gasteiger partial charge < -0.3 is 0 Å². The van der Waals surface area contributed by atoms with E-state index in [0.29, 0.717) is 11.3 Å². The maximum absolute atomic E-state index is 10.3. The van der Waals surface area contributed by atoms with E-state index in [2.05, 4.69) is 0 Å². The van der Waals surface area contributed by atoms with Gasteiger partial charge in [0, 0.05) is 11.6 Å². The fourth-order valence-electron chi connectivity index (χ4n) is 0.930.